The van der Waals surface area contributed by atoms with Gasteiger partial charge in [-0.2, -0.15) is 13.2 Å². The Balaban J connectivity index is 2.72. The first kappa shape index (κ1) is 16.0. The van der Waals surface area contributed by atoms with Crippen LogP contribution in [0.2, 0.25) is 10.0 Å². The van der Waals surface area contributed by atoms with Crippen LogP contribution in [-0.2, 0) is 6.18 Å². The van der Waals surface area contributed by atoms with Crippen molar-refractivity contribution < 1.29 is 22.0 Å². The molecule has 0 saturated carbocycles. The van der Waals surface area contributed by atoms with E-state index >= 15 is 0 Å². The van der Waals surface area contributed by atoms with E-state index in [1.807, 2.05) is 0 Å². The third-order valence-corrected chi connectivity index (χ3v) is 3.42. The molecule has 0 aliphatic rings. The van der Waals surface area contributed by atoms with Gasteiger partial charge in [0.25, 0.3) is 6.43 Å². The van der Waals surface area contributed by atoms with Crippen LogP contribution in [0.1, 0.15) is 17.6 Å². The van der Waals surface area contributed by atoms with Gasteiger partial charge >= 0.3 is 6.18 Å². The Morgan fingerprint density at radius 3 is 1.95 bits per heavy atom. The van der Waals surface area contributed by atoms with E-state index in [9.17, 15) is 22.0 Å². The molecule has 0 spiro atoms. The maximum atomic E-state index is 12.8. The molecule has 0 aliphatic carbocycles. The van der Waals surface area contributed by atoms with Crippen LogP contribution >= 0.6 is 23.2 Å². The summed E-state index contributed by atoms with van der Waals surface area (Å²) in [6.45, 7) is 0. The van der Waals surface area contributed by atoms with Gasteiger partial charge in [0.1, 0.15) is 0 Å². The zero-order valence-corrected chi connectivity index (χ0v) is 11.7. The normalized spacial score (nSPS) is 12.0. The van der Waals surface area contributed by atoms with Gasteiger partial charge in [0.15, 0.2) is 0 Å². The summed E-state index contributed by atoms with van der Waals surface area (Å²) in [5.74, 6) is 0. The molecule has 0 amide bonds. The van der Waals surface area contributed by atoms with E-state index in [1.165, 1.54) is 18.2 Å². The van der Waals surface area contributed by atoms with Crippen molar-refractivity contribution in [2.24, 2.45) is 0 Å². The fourth-order valence-corrected chi connectivity index (χ4v) is 2.47. The van der Waals surface area contributed by atoms with Crippen molar-refractivity contribution >= 4 is 23.2 Å². The molecule has 112 valence electrons. The summed E-state index contributed by atoms with van der Waals surface area (Å²) < 4.78 is 64.0. The van der Waals surface area contributed by atoms with E-state index in [-0.39, 0.29) is 21.2 Å². The van der Waals surface area contributed by atoms with Crippen molar-refractivity contribution in [2.75, 3.05) is 0 Å². The van der Waals surface area contributed by atoms with Crippen molar-refractivity contribution in [3.05, 3.63) is 57.6 Å². The van der Waals surface area contributed by atoms with Crippen LogP contribution < -0.4 is 0 Å². The first-order chi connectivity index (χ1) is 9.70. The topological polar surface area (TPSA) is 0 Å². The third kappa shape index (κ3) is 3.47. The molecule has 2 aromatic rings. The lowest BCUT2D eigenvalue weighted by Gasteiger charge is -2.14. The molecule has 0 N–H and O–H groups in total. The average Bonchev–Trinajstić information content (AvgIpc) is 2.37. The number of benzene rings is 2. The minimum atomic E-state index is -4.74. The number of rotatable bonds is 2. The minimum absolute atomic E-state index is 0.0852. The average molecular weight is 341 g/mol. The van der Waals surface area contributed by atoms with Crippen LogP contribution in [0.4, 0.5) is 22.0 Å². The van der Waals surface area contributed by atoms with Crippen molar-refractivity contribution in [1.29, 1.82) is 0 Å². The van der Waals surface area contributed by atoms with Crippen molar-refractivity contribution in [3.8, 4) is 11.1 Å². The Hall–Kier alpha value is -1.33. The molecule has 0 heterocycles. The Kier molecular flexibility index (Phi) is 4.44. The Bertz CT molecular complexity index is 645. The van der Waals surface area contributed by atoms with Crippen LogP contribution in [0.15, 0.2) is 36.4 Å². The standard InChI is InChI=1S/C14H7Cl2F5/c15-10-2-1-3-11(16)12(10)7-4-8(13(17)18)6-9(5-7)14(19,20)21/h1-6,13H. The van der Waals surface area contributed by atoms with E-state index in [0.29, 0.717) is 6.07 Å². The second kappa shape index (κ2) is 5.81. The Morgan fingerprint density at radius 2 is 1.48 bits per heavy atom. The third-order valence-electron chi connectivity index (χ3n) is 2.79. The molecule has 0 atom stereocenters. The molecule has 2 aromatic carbocycles. The summed E-state index contributed by atoms with van der Waals surface area (Å²) in [4.78, 5) is 0. The van der Waals surface area contributed by atoms with Crippen molar-refractivity contribution in [1.82, 2.24) is 0 Å². The number of alkyl halides is 5. The zero-order valence-electron chi connectivity index (χ0n) is 10.2. The molecule has 0 aromatic heterocycles. The second-order valence-corrected chi connectivity index (χ2v) is 5.05. The van der Waals surface area contributed by atoms with Gasteiger partial charge in [-0.25, -0.2) is 8.78 Å². The van der Waals surface area contributed by atoms with Gasteiger partial charge in [-0.15, -0.1) is 0 Å². The summed E-state index contributed by atoms with van der Waals surface area (Å²) >= 11 is 11.8. The Labute approximate surface area is 127 Å². The van der Waals surface area contributed by atoms with Gasteiger partial charge in [-0.1, -0.05) is 29.3 Å². The molecule has 0 fully saturated rings. The zero-order chi connectivity index (χ0) is 15.8. The summed E-state index contributed by atoms with van der Waals surface area (Å²) in [6, 6.07) is 6.47. The number of halogens is 7. The SMILES string of the molecule is FC(F)c1cc(-c2c(Cl)cccc2Cl)cc(C(F)(F)F)c1. The fourth-order valence-electron chi connectivity index (χ4n) is 1.86. The van der Waals surface area contributed by atoms with Crippen molar-refractivity contribution in [2.45, 2.75) is 12.6 Å². The molecular weight excluding hydrogens is 334 g/mol. The molecule has 0 aliphatic heterocycles. The highest BCUT2D eigenvalue weighted by molar-refractivity contribution is 6.39. The lowest BCUT2D eigenvalue weighted by Crippen LogP contribution is -2.06. The molecule has 7 heteroatoms. The van der Waals surface area contributed by atoms with Crippen LogP contribution in [-0.4, -0.2) is 0 Å². The Morgan fingerprint density at radius 1 is 0.905 bits per heavy atom. The number of hydrogen-bond acceptors (Lipinski definition) is 0. The predicted octanol–water partition coefficient (Wildman–Crippen LogP) is 6.62. The molecule has 0 nitrogen and oxygen atoms in total. The van der Waals surface area contributed by atoms with Gasteiger partial charge in [0.05, 0.1) is 5.56 Å². The van der Waals surface area contributed by atoms with E-state index in [1.54, 1.807) is 0 Å². The fraction of sp³-hybridized carbons (Fsp3) is 0.143. The maximum Gasteiger partial charge on any atom is 0.416 e. The lowest BCUT2D eigenvalue weighted by atomic mass is 9.99. The van der Waals surface area contributed by atoms with Crippen LogP contribution in [0.25, 0.3) is 11.1 Å². The van der Waals surface area contributed by atoms with E-state index < -0.39 is 23.7 Å². The van der Waals surface area contributed by atoms with Crippen LogP contribution in [0.5, 0.6) is 0 Å². The van der Waals surface area contributed by atoms with E-state index in [2.05, 4.69) is 0 Å². The highest BCUT2D eigenvalue weighted by Gasteiger charge is 2.32. The monoisotopic (exact) mass is 340 g/mol. The predicted molar refractivity (Wildman–Crippen MR) is 71.9 cm³/mol. The smallest absolute Gasteiger partial charge is 0.205 e. The largest absolute Gasteiger partial charge is 0.416 e. The van der Waals surface area contributed by atoms with Gasteiger partial charge in [-0.3, -0.25) is 0 Å². The van der Waals surface area contributed by atoms with Crippen LogP contribution in [0.3, 0.4) is 0 Å². The van der Waals surface area contributed by atoms with Gasteiger partial charge in [0.2, 0.25) is 0 Å². The molecular formula is C14H7Cl2F5. The minimum Gasteiger partial charge on any atom is -0.205 e. The van der Waals surface area contributed by atoms with Gasteiger partial charge in [0, 0.05) is 21.2 Å². The summed E-state index contributed by atoms with van der Waals surface area (Å²) in [5, 5.41) is 0.170. The van der Waals surface area contributed by atoms with Gasteiger partial charge in [-0.05, 0) is 35.9 Å². The first-order valence-electron chi connectivity index (χ1n) is 5.65. The molecule has 0 unspecified atom stereocenters. The van der Waals surface area contributed by atoms with Gasteiger partial charge < -0.3 is 0 Å². The summed E-state index contributed by atoms with van der Waals surface area (Å²) in [7, 11) is 0. The maximum absolute atomic E-state index is 12.8. The molecule has 0 bridgehead atoms. The molecule has 0 saturated heterocycles. The molecule has 2 rings (SSSR count). The highest BCUT2D eigenvalue weighted by Crippen LogP contribution is 2.40. The molecule has 0 radical (unpaired) electrons. The van der Waals surface area contributed by atoms with E-state index in [0.717, 1.165) is 12.1 Å². The summed E-state index contributed by atoms with van der Waals surface area (Å²) in [6.07, 6.45) is -7.78. The second-order valence-electron chi connectivity index (χ2n) is 4.24. The summed E-state index contributed by atoms with van der Waals surface area (Å²) in [5.41, 5.74) is -1.92. The number of hydrogen-bond donors (Lipinski definition) is 0. The quantitative estimate of drug-likeness (QED) is 0.539. The highest BCUT2D eigenvalue weighted by atomic mass is 35.5. The van der Waals surface area contributed by atoms with Crippen molar-refractivity contribution in [3.63, 3.8) is 0 Å². The molecule has 21 heavy (non-hydrogen) atoms. The van der Waals surface area contributed by atoms with Crippen LogP contribution in [0, 0.1) is 0 Å². The first-order valence-corrected chi connectivity index (χ1v) is 6.40. The lowest BCUT2D eigenvalue weighted by molar-refractivity contribution is -0.137. The van der Waals surface area contributed by atoms with E-state index in [4.69, 9.17) is 23.2 Å².